The topological polar surface area (TPSA) is 58.7 Å². The Morgan fingerprint density at radius 2 is 2.05 bits per heavy atom. The summed E-state index contributed by atoms with van der Waals surface area (Å²) in [6.07, 6.45) is 2.28. The first-order chi connectivity index (χ1) is 9.20. The summed E-state index contributed by atoms with van der Waals surface area (Å²) in [4.78, 5) is 2.45. The lowest BCUT2D eigenvalue weighted by Gasteiger charge is -2.33. The van der Waals surface area contributed by atoms with E-state index in [1.807, 2.05) is 6.07 Å². The Morgan fingerprint density at radius 1 is 1.37 bits per heavy atom. The predicted molar refractivity (Wildman–Crippen MR) is 76.4 cm³/mol. The average molecular weight is 264 g/mol. The molecule has 1 heterocycles. The standard InChI is InChI=1S/C15H24N2O2/c1-2-17-9-7-12(8-10-17)13(16)11-19-15-6-4-3-5-14(15)18/h3-6,12-13,18H,2,7-11,16H2,1H3. The molecule has 4 heteroatoms. The monoisotopic (exact) mass is 264 g/mol. The smallest absolute Gasteiger partial charge is 0.160 e. The molecule has 2 rings (SSSR count). The second-order valence-corrected chi connectivity index (χ2v) is 5.21. The molecular formula is C15H24N2O2. The van der Waals surface area contributed by atoms with E-state index in [9.17, 15) is 5.11 Å². The fourth-order valence-corrected chi connectivity index (χ4v) is 2.60. The molecule has 3 N–H and O–H groups in total. The maximum atomic E-state index is 9.63. The van der Waals surface area contributed by atoms with Crippen LogP contribution in [-0.2, 0) is 0 Å². The Balaban J connectivity index is 1.79. The number of rotatable bonds is 5. The van der Waals surface area contributed by atoms with E-state index in [4.69, 9.17) is 10.5 Å². The van der Waals surface area contributed by atoms with Crippen molar-refractivity contribution in [1.29, 1.82) is 0 Å². The average Bonchev–Trinajstić information content (AvgIpc) is 2.46. The number of para-hydroxylation sites is 2. The third-order valence-electron chi connectivity index (χ3n) is 3.98. The zero-order chi connectivity index (χ0) is 13.7. The largest absolute Gasteiger partial charge is 0.504 e. The zero-order valence-electron chi connectivity index (χ0n) is 11.6. The maximum Gasteiger partial charge on any atom is 0.160 e. The first kappa shape index (κ1) is 14.2. The van der Waals surface area contributed by atoms with Crippen LogP contribution < -0.4 is 10.5 Å². The molecule has 0 bridgehead atoms. The minimum atomic E-state index is 0.0404. The molecule has 4 nitrogen and oxygen atoms in total. The van der Waals surface area contributed by atoms with Crippen molar-refractivity contribution < 1.29 is 9.84 Å². The van der Waals surface area contributed by atoms with Crippen molar-refractivity contribution >= 4 is 0 Å². The Kier molecular flexibility index (Phi) is 5.05. The van der Waals surface area contributed by atoms with Gasteiger partial charge < -0.3 is 20.5 Å². The molecule has 1 atom stereocenters. The van der Waals surface area contributed by atoms with E-state index in [1.54, 1.807) is 18.2 Å². The molecule has 1 aromatic carbocycles. The summed E-state index contributed by atoms with van der Waals surface area (Å²) < 4.78 is 5.62. The molecule has 0 saturated carbocycles. The van der Waals surface area contributed by atoms with Gasteiger partial charge in [-0.1, -0.05) is 19.1 Å². The van der Waals surface area contributed by atoms with Crippen molar-refractivity contribution in [2.45, 2.75) is 25.8 Å². The van der Waals surface area contributed by atoms with Crippen LogP contribution in [0, 0.1) is 5.92 Å². The van der Waals surface area contributed by atoms with Gasteiger partial charge in [0.05, 0.1) is 0 Å². The Labute approximate surface area is 115 Å². The third kappa shape index (κ3) is 3.85. The first-order valence-electron chi connectivity index (χ1n) is 7.09. The number of likely N-dealkylation sites (tertiary alicyclic amines) is 1. The number of piperidine rings is 1. The summed E-state index contributed by atoms with van der Waals surface area (Å²) in [5.41, 5.74) is 6.21. The molecule has 1 aromatic rings. The van der Waals surface area contributed by atoms with Gasteiger partial charge in [-0.15, -0.1) is 0 Å². The Hall–Kier alpha value is -1.26. The highest BCUT2D eigenvalue weighted by Gasteiger charge is 2.24. The fourth-order valence-electron chi connectivity index (χ4n) is 2.60. The van der Waals surface area contributed by atoms with E-state index in [2.05, 4.69) is 11.8 Å². The van der Waals surface area contributed by atoms with Gasteiger partial charge in [0.25, 0.3) is 0 Å². The van der Waals surface area contributed by atoms with Crippen molar-refractivity contribution in [3.8, 4) is 11.5 Å². The van der Waals surface area contributed by atoms with Crippen molar-refractivity contribution in [3.63, 3.8) is 0 Å². The minimum absolute atomic E-state index is 0.0404. The number of ether oxygens (including phenoxy) is 1. The van der Waals surface area contributed by atoms with Crippen LogP contribution in [0.3, 0.4) is 0 Å². The number of phenols is 1. The lowest BCUT2D eigenvalue weighted by molar-refractivity contribution is 0.150. The summed E-state index contributed by atoms with van der Waals surface area (Å²) in [5.74, 6) is 1.22. The summed E-state index contributed by atoms with van der Waals surface area (Å²) >= 11 is 0. The van der Waals surface area contributed by atoms with E-state index < -0.39 is 0 Å². The Bertz CT molecular complexity index is 389. The van der Waals surface area contributed by atoms with Crippen LogP contribution in [0.25, 0.3) is 0 Å². The molecule has 1 unspecified atom stereocenters. The van der Waals surface area contributed by atoms with Crippen LogP contribution in [0.4, 0.5) is 0 Å². The van der Waals surface area contributed by atoms with Crippen LogP contribution in [0.1, 0.15) is 19.8 Å². The molecule has 19 heavy (non-hydrogen) atoms. The van der Waals surface area contributed by atoms with Gasteiger partial charge in [0.1, 0.15) is 6.61 Å². The molecule has 106 valence electrons. The normalized spacial score (nSPS) is 19.3. The van der Waals surface area contributed by atoms with Crippen LogP contribution in [-0.4, -0.2) is 42.3 Å². The van der Waals surface area contributed by atoms with Crippen molar-refractivity contribution in [1.82, 2.24) is 4.90 Å². The second-order valence-electron chi connectivity index (χ2n) is 5.21. The van der Waals surface area contributed by atoms with Crippen LogP contribution in [0.2, 0.25) is 0 Å². The number of nitrogens with two attached hydrogens (primary N) is 1. The summed E-state index contributed by atoms with van der Waals surface area (Å²) in [7, 11) is 0. The SMILES string of the molecule is CCN1CCC(C(N)COc2ccccc2O)CC1. The quantitative estimate of drug-likeness (QED) is 0.852. The highest BCUT2D eigenvalue weighted by molar-refractivity contribution is 5.37. The molecule has 0 aromatic heterocycles. The molecule has 1 aliphatic heterocycles. The molecule has 0 amide bonds. The van der Waals surface area contributed by atoms with Crippen molar-refractivity contribution in [3.05, 3.63) is 24.3 Å². The van der Waals surface area contributed by atoms with Gasteiger partial charge in [0.15, 0.2) is 11.5 Å². The molecule has 1 fully saturated rings. The predicted octanol–water partition coefficient (Wildman–Crippen LogP) is 1.83. The van der Waals surface area contributed by atoms with Gasteiger partial charge in [0, 0.05) is 6.04 Å². The van der Waals surface area contributed by atoms with Crippen molar-refractivity contribution in [2.24, 2.45) is 11.7 Å². The van der Waals surface area contributed by atoms with Crippen LogP contribution >= 0.6 is 0 Å². The Morgan fingerprint density at radius 3 is 2.68 bits per heavy atom. The molecule has 0 spiro atoms. The molecular weight excluding hydrogens is 240 g/mol. The molecule has 0 aliphatic carbocycles. The van der Waals surface area contributed by atoms with Gasteiger partial charge in [-0.3, -0.25) is 0 Å². The van der Waals surface area contributed by atoms with Gasteiger partial charge in [-0.05, 0) is 50.5 Å². The van der Waals surface area contributed by atoms with E-state index in [1.165, 1.54) is 0 Å². The molecule has 1 aliphatic rings. The van der Waals surface area contributed by atoms with E-state index >= 15 is 0 Å². The number of nitrogens with zero attached hydrogens (tertiary/aromatic N) is 1. The number of benzene rings is 1. The highest BCUT2D eigenvalue weighted by Crippen LogP contribution is 2.25. The first-order valence-corrected chi connectivity index (χ1v) is 7.09. The zero-order valence-corrected chi connectivity index (χ0v) is 11.6. The number of aromatic hydroxyl groups is 1. The summed E-state index contributed by atoms with van der Waals surface area (Å²) in [6.45, 7) is 6.04. The van der Waals surface area contributed by atoms with Crippen LogP contribution in [0.5, 0.6) is 11.5 Å². The second kappa shape index (κ2) is 6.78. The van der Waals surface area contributed by atoms with Gasteiger partial charge in [-0.2, -0.15) is 0 Å². The van der Waals surface area contributed by atoms with Gasteiger partial charge >= 0.3 is 0 Å². The third-order valence-corrected chi connectivity index (χ3v) is 3.98. The van der Waals surface area contributed by atoms with E-state index in [0.717, 1.165) is 32.5 Å². The summed E-state index contributed by atoms with van der Waals surface area (Å²) in [6, 6.07) is 7.06. The van der Waals surface area contributed by atoms with Crippen LogP contribution in [0.15, 0.2) is 24.3 Å². The minimum Gasteiger partial charge on any atom is -0.504 e. The molecule has 1 saturated heterocycles. The van der Waals surface area contributed by atoms with Gasteiger partial charge in [0.2, 0.25) is 0 Å². The number of hydrogen-bond donors (Lipinski definition) is 2. The fraction of sp³-hybridized carbons (Fsp3) is 0.600. The lowest BCUT2D eigenvalue weighted by Crippen LogP contribution is -2.43. The van der Waals surface area contributed by atoms with Gasteiger partial charge in [-0.25, -0.2) is 0 Å². The highest BCUT2D eigenvalue weighted by atomic mass is 16.5. The number of hydrogen-bond acceptors (Lipinski definition) is 4. The maximum absolute atomic E-state index is 9.63. The number of phenolic OH excluding ortho intramolecular Hbond substituents is 1. The van der Waals surface area contributed by atoms with Crippen molar-refractivity contribution in [2.75, 3.05) is 26.2 Å². The van der Waals surface area contributed by atoms with E-state index in [0.29, 0.717) is 18.3 Å². The molecule has 0 radical (unpaired) electrons. The van der Waals surface area contributed by atoms with E-state index in [-0.39, 0.29) is 11.8 Å². The lowest BCUT2D eigenvalue weighted by atomic mass is 9.90. The summed E-state index contributed by atoms with van der Waals surface area (Å²) in [5, 5.41) is 9.63.